The number of hydrogen-bond acceptors (Lipinski definition) is 3. The lowest BCUT2D eigenvalue weighted by Gasteiger charge is -2.31. The monoisotopic (exact) mass is 300 g/mol. The summed E-state index contributed by atoms with van der Waals surface area (Å²) in [5.41, 5.74) is 1.55. The van der Waals surface area contributed by atoms with Gasteiger partial charge in [0.2, 0.25) is 0 Å². The standard InChI is InChI=1S/C18H22NO3/c1-13(20)18(11-14-6-4-3-5-7-14)9-8-17(21)19-12-15(22-2)10-16(18)19/h3-7,15H,8-12H2,1-2H3/q+1. The Balaban J connectivity index is 2.03. The van der Waals surface area contributed by atoms with Gasteiger partial charge in [0.15, 0.2) is 12.3 Å². The summed E-state index contributed by atoms with van der Waals surface area (Å²) in [4.78, 5) is 24.8. The molecule has 0 N–H and O–H groups in total. The summed E-state index contributed by atoms with van der Waals surface area (Å²) >= 11 is 0. The van der Waals surface area contributed by atoms with Gasteiger partial charge in [0.1, 0.15) is 17.3 Å². The molecule has 2 atom stereocenters. The van der Waals surface area contributed by atoms with Gasteiger partial charge in [-0.1, -0.05) is 30.3 Å². The van der Waals surface area contributed by atoms with Crippen molar-refractivity contribution in [3.05, 3.63) is 35.9 Å². The van der Waals surface area contributed by atoms with Crippen molar-refractivity contribution in [3.8, 4) is 0 Å². The summed E-state index contributed by atoms with van der Waals surface area (Å²) in [5, 5.41) is 0. The van der Waals surface area contributed by atoms with E-state index in [0.29, 0.717) is 32.2 Å². The third-order valence-corrected chi connectivity index (χ3v) is 5.11. The normalized spacial score (nSPS) is 27.9. The van der Waals surface area contributed by atoms with Crippen LogP contribution < -0.4 is 0 Å². The molecule has 4 heteroatoms. The summed E-state index contributed by atoms with van der Waals surface area (Å²) in [6.45, 7) is 2.23. The van der Waals surface area contributed by atoms with Gasteiger partial charge in [-0.2, -0.15) is 4.58 Å². The quantitative estimate of drug-likeness (QED) is 0.799. The minimum atomic E-state index is -0.553. The number of ketones is 1. The predicted molar refractivity (Wildman–Crippen MR) is 83.0 cm³/mol. The third kappa shape index (κ3) is 2.41. The van der Waals surface area contributed by atoms with E-state index in [1.165, 1.54) is 0 Å². The van der Waals surface area contributed by atoms with E-state index in [2.05, 4.69) is 12.1 Å². The van der Waals surface area contributed by atoms with Crippen LogP contribution in [0.3, 0.4) is 0 Å². The molecule has 0 aliphatic carbocycles. The summed E-state index contributed by atoms with van der Waals surface area (Å²) in [7, 11) is 1.67. The minimum Gasteiger partial charge on any atom is -0.374 e. The van der Waals surface area contributed by atoms with Crippen molar-refractivity contribution in [1.82, 2.24) is 0 Å². The Kier molecular flexibility index (Phi) is 3.96. The molecule has 1 aromatic carbocycles. The Bertz CT molecular complexity index is 635. The van der Waals surface area contributed by atoms with Crippen LogP contribution in [0.5, 0.6) is 0 Å². The van der Waals surface area contributed by atoms with Gasteiger partial charge in [-0.15, -0.1) is 0 Å². The number of carbonyl (C=O) groups excluding carboxylic acids is 2. The van der Waals surface area contributed by atoms with Gasteiger partial charge in [0, 0.05) is 7.11 Å². The van der Waals surface area contributed by atoms with Gasteiger partial charge < -0.3 is 4.74 Å². The maximum absolute atomic E-state index is 12.6. The fourth-order valence-corrected chi connectivity index (χ4v) is 3.81. The van der Waals surface area contributed by atoms with Crippen molar-refractivity contribution in [1.29, 1.82) is 0 Å². The zero-order valence-corrected chi connectivity index (χ0v) is 13.2. The van der Waals surface area contributed by atoms with E-state index in [0.717, 1.165) is 11.3 Å². The molecule has 2 heterocycles. The van der Waals surface area contributed by atoms with Crippen LogP contribution in [0.1, 0.15) is 31.7 Å². The lowest BCUT2D eigenvalue weighted by atomic mass is 9.69. The van der Waals surface area contributed by atoms with E-state index >= 15 is 0 Å². The molecular formula is C18H22NO3+. The van der Waals surface area contributed by atoms with Crippen LogP contribution >= 0.6 is 0 Å². The zero-order chi connectivity index (χ0) is 15.7. The number of benzene rings is 1. The largest absolute Gasteiger partial charge is 0.387 e. The van der Waals surface area contributed by atoms with Crippen molar-refractivity contribution in [2.24, 2.45) is 5.41 Å². The second-order valence-corrected chi connectivity index (χ2v) is 6.31. The molecule has 0 spiro atoms. The molecule has 1 amide bonds. The van der Waals surface area contributed by atoms with Crippen LogP contribution in [0.25, 0.3) is 0 Å². The molecule has 0 radical (unpaired) electrons. The van der Waals surface area contributed by atoms with Crippen LogP contribution in [0, 0.1) is 5.41 Å². The highest BCUT2D eigenvalue weighted by Crippen LogP contribution is 2.39. The van der Waals surface area contributed by atoms with Crippen molar-refractivity contribution >= 4 is 17.4 Å². The average Bonchev–Trinajstić information content (AvgIpc) is 2.97. The Morgan fingerprint density at radius 3 is 2.73 bits per heavy atom. The number of carbonyl (C=O) groups is 2. The Morgan fingerprint density at radius 2 is 2.09 bits per heavy atom. The molecule has 0 fully saturated rings. The van der Waals surface area contributed by atoms with E-state index in [9.17, 15) is 9.59 Å². The number of Topliss-reactive ketones (excluding diaryl/α,β-unsaturated/α-hetero) is 1. The molecule has 1 aromatic rings. The summed E-state index contributed by atoms with van der Waals surface area (Å²) in [6.07, 6.45) is 2.39. The molecule has 2 aliphatic rings. The molecule has 4 nitrogen and oxygen atoms in total. The highest BCUT2D eigenvalue weighted by Gasteiger charge is 2.55. The molecular weight excluding hydrogens is 278 g/mol. The van der Waals surface area contributed by atoms with Gasteiger partial charge in [0.05, 0.1) is 12.8 Å². The third-order valence-electron chi connectivity index (χ3n) is 5.11. The number of amides is 1. The van der Waals surface area contributed by atoms with E-state index in [1.807, 2.05) is 22.8 Å². The number of methoxy groups -OCH3 is 1. The van der Waals surface area contributed by atoms with E-state index < -0.39 is 5.41 Å². The number of ether oxygens (including phenoxy) is 1. The van der Waals surface area contributed by atoms with Crippen LogP contribution in [0.15, 0.2) is 30.3 Å². The molecule has 22 heavy (non-hydrogen) atoms. The first-order valence-electron chi connectivity index (χ1n) is 7.81. The number of nitrogens with zero attached hydrogens (tertiary/aromatic N) is 1. The summed E-state index contributed by atoms with van der Waals surface area (Å²) in [5.74, 6) is 0.278. The fraction of sp³-hybridized carbons (Fsp3) is 0.500. The molecule has 0 aromatic heterocycles. The lowest BCUT2D eigenvalue weighted by Crippen LogP contribution is -2.48. The first kappa shape index (κ1) is 15.1. The van der Waals surface area contributed by atoms with E-state index in [4.69, 9.17) is 4.74 Å². The van der Waals surface area contributed by atoms with Crippen molar-refractivity contribution < 1.29 is 18.9 Å². The highest BCUT2D eigenvalue weighted by molar-refractivity contribution is 6.10. The smallest absolute Gasteiger partial charge is 0.374 e. The molecule has 3 rings (SSSR count). The van der Waals surface area contributed by atoms with Crippen LogP contribution in [-0.2, 0) is 20.7 Å². The molecule has 2 unspecified atom stereocenters. The molecule has 116 valence electrons. The predicted octanol–water partition coefficient (Wildman–Crippen LogP) is 2.00. The van der Waals surface area contributed by atoms with Crippen LogP contribution in [0.2, 0.25) is 0 Å². The van der Waals surface area contributed by atoms with Crippen molar-refractivity contribution in [2.45, 2.75) is 38.7 Å². The Labute approximate surface area is 130 Å². The lowest BCUT2D eigenvalue weighted by molar-refractivity contribution is -0.455. The zero-order valence-electron chi connectivity index (χ0n) is 13.2. The van der Waals surface area contributed by atoms with Gasteiger partial charge in [-0.25, -0.2) is 4.79 Å². The summed E-state index contributed by atoms with van der Waals surface area (Å²) < 4.78 is 7.26. The average molecular weight is 300 g/mol. The first-order valence-corrected chi connectivity index (χ1v) is 7.81. The first-order chi connectivity index (χ1) is 10.6. The maximum Gasteiger partial charge on any atom is 0.387 e. The van der Waals surface area contributed by atoms with E-state index in [-0.39, 0.29) is 17.8 Å². The summed E-state index contributed by atoms with van der Waals surface area (Å²) in [6, 6.07) is 10.1. The Morgan fingerprint density at radius 1 is 1.36 bits per heavy atom. The van der Waals surface area contributed by atoms with Gasteiger partial charge in [-0.3, -0.25) is 4.79 Å². The van der Waals surface area contributed by atoms with Crippen molar-refractivity contribution in [3.63, 3.8) is 0 Å². The van der Waals surface area contributed by atoms with Gasteiger partial charge >= 0.3 is 5.91 Å². The van der Waals surface area contributed by atoms with Gasteiger partial charge in [0.25, 0.3) is 0 Å². The second kappa shape index (κ2) is 5.76. The minimum absolute atomic E-state index is 0.00606. The molecule has 0 bridgehead atoms. The molecule has 2 aliphatic heterocycles. The molecule has 0 saturated carbocycles. The van der Waals surface area contributed by atoms with E-state index in [1.54, 1.807) is 14.0 Å². The highest BCUT2D eigenvalue weighted by atomic mass is 16.5. The Hall–Kier alpha value is -1.81. The SMILES string of the molecule is COC1CC2=[N+](C1)C(=O)CCC2(Cc1ccccc1)C(C)=O. The topological polar surface area (TPSA) is 46.4 Å². The molecule has 0 saturated heterocycles. The number of rotatable bonds is 4. The maximum atomic E-state index is 12.6. The van der Waals surface area contributed by atoms with Crippen LogP contribution in [0.4, 0.5) is 0 Å². The fourth-order valence-electron chi connectivity index (χ4n) is 3.81. The van der Waals surface area contributed by atoms with Gasteiger partial charge in [-0.05, 0) is 25.3 Å². The second-order valence-electron chi connectivity index (χ2n) is 6.31. The number of hydrogen-bond donors (Lipinski definition) is 0. The van der Waals surface area contributed by atoms with Crippen LogP contribution in [-0.4, -0.2) is 41.7 Å². The van der Waals surface area contributed by atoms with Crippen molar-refractivity contribution in [2.75, 3.05) is 13.7 Å².